The zero-order valence-corrected chi connectivity index (χ0v) is 18.6. The summed E-state index contributed by atoms with van der Waals surface area (Å²) < 4.78 is 27.5. The van der Waals surface area contributed by atoms with E-state index in [-0.39, 0.29) is 16.8 Å². The molecule has 3 N–H and O–H groups in total. The van der Waals surface area contributed by atoms with Crippen LogP contribution in [0.3, 0.4) is 0 Å². The molecular formula is C22H23N5O4S. The van der Waals surface area contributed by atoms with E-state index < -0.39 is 22.0 Å². The Balaban J connectivity index is 1.63. The van der Waals surface area contributed by atoms with Gasteiger partial charge in [-0.2, -0.15) is 0 Å². The van der Waals surface area contributed by atoms with Gasteiger partial charge in [0, 0.05) is 22.6 Å². The lowest BCUT2D eigenvalue weighted by Crippen LogP contribution is -2.41. The van der Waals surface area contributed by atoms with Crippen molar-refractivity contribution in [2.24, 2.45) is 0 Å². The van der Waals surface area contributed by atoms with Crippen molar-refractivity contribution < 1.29 is 18.0 Å². The van der Waals surface area contributed by atoms with Crippen molar-refractivity contribution in [2.45, 2.75) is 31.7 Å². The fraction of sp³-hybridized carbons (Fsp3) is 0.182. The quantitative estimate of drug-likeness (QED) is 0.504. The van der Waals surface area contributed by atoms with Crippen LogP contribution in [0.15, 0.2) is 65.6 Å². The summed E-state index contributed by atoms with van der Waals surface area (Å²) in [5.74, 6) is -0.816. The molecule has 2 amide bonds. The molecule has 0 saturated heterocycles. The molecule has 166 valence electrons. The molecule has 0 aliphatic carbocycles. The first-order chi connectivity index (χ1) is 15.1. The summed E-state index contributed by atoms with van der Waals surface area (Å²) in [6.45, 7) is 5.04. The van der Waals surface area contributed by atoms with Gasteiger partial charge in [0.05, 0.1) is 4.90 Å². The first kappa shape index (κ1) is 22.9. The van der Waals surface area contributed by atoms with Gasteiger partial charge in [0.2, 0.25) is 11.9 Å². The van der Waals surface area contributed by atoms with Gasteiger partial charge in [-0.05, 0) is 63.2 Å². The number of anilines is 2. The maximum absolute atomic E-state index is 12.6. The molecule has 2 aromatic carbocycles. The molecular weight excluding hydrogens is 430 g/mol. The number of aromatic nitrogens is 2. The van der Waals surface area contributed by atoms with Gasteiger partial charge in [-0.15, -0.1) is 0 Å². The monoisotopic (exact) mass is 453 g/mol. The highest BCUT2D eigenvalue weighted by Gasteiger charge is 2.19. The lowest BCUT2D eigenvalue weighted by atomic mass is 10.2. The van der Waals surface area contributed by atoms with Crippen molar-refractivity contribution in [3.63, 3.8) is 0 Å². The zero-order valence-electron chi connectivity index (χ0n) is 17.8. The number of benzene rings is 2. The molecule has 1 heterocycles. The SMILES string of the molecule is Cc1cc(C)nc(NS(=O)(=O)c2ccc(NC(=O)[C@H](C)NC(=O)c3ccccc3)cc2)n1. The molecule has 0 spiro atoms. The summed E-state index contributed by atoms with van der Waals surface area (Å²) in [6.07, 6.45) is 0. The Morgan fingerprint density at radius 3 is 2.09 bits per heavy atom. The maximum atomic E-state index is 12.6. The summed E-state index contributed by atoms with van der Waals surface area (Å²) >= 11 is 0. The average molecular weight is 454 g/mol. The van der Waals surface area contributed by atoms with E-state index in [0.29, 0.717) is 22.6 Å². The molecule has 10 heteroatoms. The average Bonchev–Trinajstić information content (AvgIpc) is 2.73. The molecule has 1 aromatic heterocycles. The highest BCUT2D eigenvalue weighted by atomic mass is 32.2. The Bertz CT molecular complexity index is 1210. The topological polar surface area (TPSA) is 130 Å². The van der Waals surface area contributed by atoms with Crippen LogP contribution in [0.2, 0.25) is 0 Å². The third-order valence-electron chi connectivity index (χ3n) is 4.42. The molecule has 9 nitrogen and oxygen atoms in total. The Morgan fingerprint density at radius 2 is 1.50 bits per heavy atom. The standard InChI is InChI=1S/C22H23N5O4S/c1-14-13-15(2)24-22(23-14)27-32(30,31)19-11-9-18(10-12-19)26-20(28)16(3)25-21(29)17-7-5-4-6-8-17/h4-13,16H,1-3H3,(H,25,29)(H,26,28)(H,23,24,27)/t16-/m0/s1. The summed E-state index contributed by atoms with van der Waals surface area (Å²) in [5.41, 5.74) is 2.11. The molecule has 32 heavy (non-hydrogen) atoms. The minimum Gasteiger partial charge on any atom is -0.341 e. The second-order valence-corrected chi connectivity index (χ2v) is 8.84. The van der Waals surface area contributed by atoms with Crippen molar-refractivity contribution in [3.8, 4) is 0 Å². The third-order valence-corrected chi connectivity index (χ3v) is 5.76. The minimum absolute atomic E-state index is 0.0105. The molecule has 0 aliphatic rings. The second-order valence-electron chi connectivity index (χ2n) is 7.15. The summed E-state index contributed by atoms with van der Waals surface area (Å²) in [7, 11) is -3.90. The van der Waals surface area contributed by atoms with Crippen LogP contribution < -0.4 is 15.4 Å². The minimum atomic E-state index is -3.90. The Labute approximate surface area is 186 Å². The molecule has 0 unspecified atom stereocenters. The van der Waals surface area contributed by atoms with Gasteiger partial charge < -0.3 is 10.6 Å². The highest BCUT2D eigenvalue weighted by Crippen LogP contribution is 2.17. The second kappa shape index (κ2) is 9.56. The van der Waals surface area contributed by atoms with Crippen LogP contribution in [-0.4, -0.2) is 36.2 Å². The van der Waals surface area contributed by atoms with Gasteiger partial charge >= 0.3 is 0 Å². The van der Waals surface area contributed by atoms with Crippen LogP contribution in [0.1, 0.15) is 28.7 Å². The number of carbonyl (C=O) groups excluding carboxylic acids is 2. The molecule has 3 rings (SSSR count). The number of nitrogens with zero attached hydrogens (tertiary/aromatic N) is 2. The van der Waals surface area contributed by atoms with Gasteiger partial charge in [0.1, 0.15) is 6.04 Å². The molecule has 0 saturated carbocycles. The fourth-order valence-corrected chi connectivity index (χ4v) is 3.80. The van der Waals surface area contributed by atoms with E-state index in [1.807, 2.05) is 0 Å². The first-order valence-corrected chi connectivity index (χ1v) is 11.2. The van der Waals surface area contributed by atoms with Crippen molar-refractivity contribution in [1.29, 1.82) is 0 Å². The van der Waals surface area contributed by atoms with E-state index in [1.54, 1.807) is 57.2 Å². The predicted octanol–water partition coefficient (Wildman–Crippen LogP) is 2.65. The van der Waals surface area contributed by atoms with Gasteiger partial charge in [0.25, 0.3) is 15.9 Å². The Hall–Kier alpha value is -3.79. The van der Waals surface area contributed by atoms with Crippen molar-refractivity contribution in [3.05, 3.63) is 77.6 Å². The highest BCUT2D eigenvalue weighted by molar-refractivity contribution is 7.92. The molecule has 1 atom stereocenters. The van der Waals surface area contributed by atoms with Crippen LogP contribution >= 0.6 is 0 Å². The molecule has 0 aliphatic heterocycles. The largest absolute Gasteiger partial charge is 0.341 e. The number of hydrogen-bond donors (Lipinski definition) is 3. The third kappa shape index (κ3) is 5.88. The number of nitrogens with one attached hydrogen (secondary N) is 3. The number of carbonyl (C=O) groups is 2. The number of rotatable bonds is 7. The van der Waals surface area contributed by atoms with Gasteiger partial charge in [-0.25, -0.2) is 23.1 Å². The van der Waals surface area contributed by atoms with Crippen molar-refractivity contribution in [1.82, 2.24) is 15.3 Å². The summed E-state index contributed by atoms with van der Waals surface area (Å²) in [6, 6.07) is 15.1. The van der Waals surface area contributed by atoms with E-state index >= 15 is 0 Å². The summed E-state index contributed by atoms with van der Waals surface area (Å²) in [4.78, 5) is 32.7. The Morgan fingerprint density at radius 1 is 0.906 bits per heavy atom. The molecule has 0 radical (unpaired) electrons. The number of aryl methyl sites for hydroxylation is 2. The van der Waals surface area contributed by atoms with Crippen LogP contribution in [0.4, 0.5) is 11.6 Å². The van der Waals surface area contributed by atoms with E-state index in [9.17, 15) is 18.0 Å². The van der Waals surface area contributed by atoms with E-state index in [4.69, 9.17) is 0 Å². The normalized spacial score (nSPS) is 12.0. The van der Waals surface area contributed by atoms with Gasteiger partial charge in [0.15, 0.2) is 0 Å². The van der Waals surface area contributed by atoms with Crippen molar-refractivity contribution >= 4 is 33.5 Å². The van der Waals surface area contributed by atoms with E-state index in [1.165, 1.54) is 24.3 Å². The molecule has 0 bridgehead atoms. The lowest BCUT2D eigenvalue weighted by molar-refractivity contribution is -0.117. The molecule has 3 aromatic rings. The first-order valence-electron chi connectivity index (χ1n) is 9.76. The number of amides is 2. The predicted molar refractivity (Wildman–Crippen MR) is 121 cm³/mol. The molecule has 0 fully saturated rings. The summed E-state index contributed by atoms with van der Waals surface area (Å²) in [5, 5.41) is 5.27. The van der Waals surface area contributed by atoms with Crippen LogP contribution in [0.25, 0.3) is 0 Å². The number of sulfonamides is 1. The smallest absolute Gasteiger partial charge is 0.264 e. The lowest BCUT2D eigenvalue weighted by Gasteiger charge is -2.14. The van der Waals surface area contributed by atoms with E-state index in [2.05, 4.69) is 25.3 Å². The van der Waals surface area contributed by atoms with Gasteiger partial charge in [-0.3, -0.25) is 9.59 Å². The van der Waals surface area contributed by atoms with Crippen LogP contribution in [-0.2, 0) is 14.8 Å². The van der Waals surface area contributed by atoms with Crippen molar-refractivity contribution in [2.75, 3.05) is 10.0 Å². The fourth-order valence-electron chi connectivity index (χ4n) is 2.85. The van der Waals surface area contributed by atoms with E-state index in [0.717, 1.165) is 0 Å². The van der Waals surface area contributed by atoms with Crippen LogP contribution in [0, 0.1) is 13.8 Å². The number of hydrogen-bond acceptors (Lipinski definition) is 6. The Kier molecular flexibility index (Phi) is 6.84. The zero-order chi connectivity index (χ0) is 23.3. The van der Waals surface area contributed by atoms with Crippen LogP contribution in [0.5, 0.6) is 0 Å². The van der Waals surface area contributed by atoms with Gasteiger partial charge in [-0.1, -0.05) is 18.2 Å². The maximum Gasteiger partial charge on any atom is 0.264 e.